The van der Waals surface area contributed by atoms with Crippen LogP contribution in [0.15, 0.2) is 42.0 Å². The van der Waals surface area contributed by atoms with Gasteiger partial charge in [-0.15, -0.1) is 23.7 Å². The maximum absolute atomic E-state index is 13.6. The second kappa shape index (κ2) is 17.0. The van der Waals surface area contributed by atoms with Gasteiger partial charge in [0.1, 0.15) is 17.9 Å². The summed E-state index contributed by atoms with van der Waals surface area (Å²) >= 11 is 1.42. The first-order valence-corrected chi connectivity index (χ1v) is 17.1. The number of hydrogen-bond donors (Lipinski definition) is 2. The van der Waals surface area contributed by atoms with Crippen molar-refractivity contribution in [3.8, 4) is 6.01 Å². The van der Waals surface area contributed by atoms with Crippen LogP contribution in [0.1, 0.15) is 71.9 Å². The Balaban J connectivity index is 0.00000451. The van der Waals surface area contributed by atoms with E-state index in [1.54, 1.807) is 29.9 Å². The Morgan fingerprint density at radius 1 is 0.958 bits per heavy atom. The number of ether oxygens (including phenoxy) is 3. The molecule has 0 unspecified atom stereocenters. The van der Waals surface area contributed by atoms with E-state index in [9.17, 15) is 14.4 Å². The van der Waals surface area contributed by atoms with Gasteiger partial charge >= 0.3 is 12.0 Å². The van der Waals surface area contributed by atoms with E-state index in [2.05, 4.69) is 35.4 Å². The number of nitrogens with one attached hydrogen (secondary N) is 2. The molecule has 15 heteroatoms. The summed E-state index contributed by atoms with van der Waals surface area (Å²) in [5, 5.41) is 8.62. The lowest BCUT2D eigenvalue weighted by atomic mass is 10.0. The molecule has 258 valence electrons. The molecule has 6 rings (SSSR count). The second-order valence-corrected chi connectivity index (χ2v) is 13.0. The number of thiazole rings is 1. The highest BCUT2D eigenvalue weighted by atomic mass is 35.5. The smallest absolute Gasteiger partial charge is 0.316 e. The van der Waals surface area contributed by atoms with Crippen LogP contribution in [0.25, 0.3) is 0 Å². The van der Waals surface area contributed by atoms with Crippen molar-refractivity contribution >= 4 is 52.3 Å². The SMILES string of the molecule is CC(=O)OC1CCN(Cc2ccc(NC(=O)c3csc(N4CCC(Oc5ncccn5)CC4)n3)c(C(=O)NC3CCOCC3)c2)CC1.Cl. The van der Waals surface area contributed by atoms with Gasteiger partial charge in [0.2, 0.25) is 0 Å². The van der Waals surface area contributed by atoms with Crippen molar-refractivity contribution in [3.63, 3.8) is 0 Å². The number of aromatic nitrogens is 3. The van der Waals surface area contributed by atoms with Crippen molar-refractivity contribution in [2.24, 2.45) is 0 Å². The van der Waals surface area contributed by atoms with E-state index in [1.807, 2.05) is 12.1 Å². The van der Waals surface area contributed by atoms with Gasteiger partial charge < -0.3 is 29.7 Å². The maximum atomic E-state index is 13.6. The highest BCUT2D eigenvalue weighted by molar-refractivity contribution is 7.14. The summed E-state index contributed by atoms with van der Waals surface area (Å²) in [6, 6.07) is 7.75. The number of carbonyl (C=O) groups is 3. The Morgan fingerprint density at radius 3 is 2.38 bits per heavy atom. The minimum atomic E-state index is -0.368. The normalized spacial score (nSPS) is 18.1. The summed E-state index contributed by atoms with van der Waals surface area (Å²) in [6.07, 6.45) is 7.92. The van der Waals surface area contributed by atoms with Gasteiger partial charge in [-0.1, -0.05) is 6.07 Å². The first-order chi connectivity index (χ1) is 22.9. The second-order valence-electron chi connectivity index (χ2n) is 12.1. The molecule has 2 amide bonds. The molecule has 3 saturated heterocycles. The number of likely N-dealkylation sites (tertiary alicyclic amines) is 1. The van der Waals surface area contributed by atoms with Gasteiger partial charge in [-0.2, -0.15) is 0 Å². The Bertz CT molecular complexity index is 1520. The van der Waals surface area contributed by atoms with Gasteiger partial charge in [-0.05, 0) is 49.4 Å². The Kier molecular flexibility index (Phi) is 12.6. The molecule has 2 N–H and O–H groups in total. The zero-order valence-corrected chi connectivity index (χ0v) is 28.6. The average Bonchev–Trinajstić information content (AvgIpc) is 3.58. The standard InChI is InChI=1S/C33H41N7O6S.ClH/c1-22(41)45-25-5-13-39(14-6-25)20-23-3-4-28(27(19-23)30(42)36-24-9-17-44-18-10-24)37-31(43)29-21-47-33(38-29)40-15-7-26(8-16-40)46-32-34-11-2-12-35-32;/h2-4,11-12,19,21,24-26H,5-10,13-18,20H2,1H3,(H,36,42)(H,37,43);1H. The zero-order valence-electron chi connectivity index (χ0n) is 27.0. The van der Waals surface area contributed by atoms with Gasteiger partial charge in [-0.25, -0.2) is 15.0 Å². The van der Waals surface area contributed by atoms with Gasteiger partial charge in [0.05, 0.1) is 11.3 Å². The van der Waals surface area contributed by atoms with E-state index in [0.29, 0.717) is 42.7 Å². The number of halogens is 1. The highest BCUT2D eigenvalue weighted by Gasteiger charge is 2.26. The fourth-order valence-corrected chi connectivity index (χ4v) is 6.99. The molecular weight excluding hydrogens is 658 g/mol. The van der Waals surface area contributed by atoms with Crippen molar-refractivity contribution < 1.29 is 28.6 Å². The van der Waals surface area contributed by atoms with Gasteiger partial charge in [-0.3, -0.25) is 19.3 Å². The quantitative estimate of drug-likeness (QED) is 0.295. The molecule has 3 aromatic rings. The molecule has 0 atom stereocenters. The number of nitrogens with zero attached hydrogens (tertiary/aromatic N) is 5. The molecule has 48 heavy (non-hydrogen) atoms. The van der Waals surface area contributed by atoms with E-state index in [-0.39, 0.29) is 48.4 Å². The van der Waals surface area contributed by atoms with Crippen LogP contribution in [0.5, 0.6) is 6.01 Å². The largest absolute Gasteiger partial charge is 0.462 e. The van der Waals surface area contributed by atoms with Gasteiger partial charge in [0.25, 0.3) is 11.8 Å². The molecule has 0 spiro atoms. The first kappa shape index (κ1) is 35.5. The van der Waals surface area contributed by atoms with E-state index < -0.39 is 0 Å². The Morgan fingerprint density at radius 2 is 1.67 bits per heavy atom. The number of rotatable bonds is 10. The van der Waals surface area contributed by atoms with Crippen molar-refractivity contribution in [1.29, 1.82) is 0 Å². The molecule has 13 nitrogen and oxygen atoms in total. The van der Waals surface area contributed by atoms with Gasteiger partial charge in [0, 0.05) is 89.5 Å². The highest BCUT2D eigenvalue weighted by Crippen LogP contribution is 2.27. The summed E-state index contributed by atoms with van der Waals surface area (Å²) < 4.78 is 16.7. The lowest BCUT2D eigenvalue weighted by Gasteiger charge is -2.31. The van der Waals surface area contributed by atoms with Crippen LogP contribution >= 0.6 is 23.7 Å². The number of esters is 1. The van der Waals surface area contributed by atoms with Crippen molar-refractivity contribution in [3.05, 3.63) is 58.9 Å². The maximum Gasteiger partial charge on any atom is 0.316 e. The third kappa shape index (κ3) is 9.62. The minimum Gasteiger partial charge on any atom is -0.462 e. The van der Waals surface area contributed by atoms with Crippen LogP contribution in [-0.4, -0.2) is 95.3 Å². The van der Waals surface area contributed by atoms with E-state index >= 15 is 0 Å². The van der Waals surface area contributed by atoms with E-state index in [1.165, 1.54) is 18.3 Å². The molecule has 0 saturated carbocycles. The number of amides is 2. The number of benzene rings is 1. The van der Waals surface area contributed by atoms with Crippen LogP contribution in [0.2, 0.25) is 0 Å². The third-order valence-corrected chi connectivity index (χ3v) is 9.56. The molecule has 0 aliphatic carbocycles. The number of carbonyl (C=O) groups excluding carboxylic acids is 3. The molecule has 0 radical (unpaired) electrons. The van der Waals surface area contributed by atoms with Crippen LogP contribution in [-0.2, 0) is 20.8 Å². The monoisotopic (exact) mass is 699 g/mol. The predicted molar refractivity (Wildman–Crippen MR) is 183 cm³/mol. The molecule has 0 bridgehead atoms. The van der Waals surface area contributed by atoms with Crippen molar-refractivity contribution in [1.82, 2.24) is 25.2 Å². The topological polar surface area (TPSA) is 148 Å². The van der Waals surface area contributed by atoms with Crippen molar-refractivity contribution in [2.75, 3.05) is 49.6 Å². The Hall–Kier alpha value is -3.85. The summed E-state index contributed by atoms with van der Waals surface area (Å²) in [4.78, 5) is 55.7. The molecule has 5 heterocycles. The van der Waals surface area contributed by atoms with E-state index in [4.69, 9.17) is 14.2 Å². The molecule has 2 aromatic heterocycles. The first-order valence-electron chi connectivity index (χ1n) is 16.3. The molecule has 3 aliphatic rings. The molecular formula is C33H42ClN7O6S. The lowest BCUT2D eigenvalue weighted by molar-refractivity contribution is -0.148. The lowest BCUT2D eigenvalue weighted by Crippen LogP contribution is -2.39. The number of piperidine rings is 2. The van der Waals surface area contributed by atoms with Crippen LogP contribution in [0, 0.1) is 0 Å². The zero-order chi connectivity index (χ0) is 32.6. The average molecular weight is 700 g/mol. The fourth-order valence-electron chi connectivity index (χ4n) is 6.13. The van der Waals surface area contributed by atoms with Gasteiger partial charge in [0.15, 0.2) is 5.13 Å². The molecule has 1 aromatic carbocycles. The summed E-state index contributed by atoms with van der Waals surface area (Å²) in [5.41, 5.74) is 2.12. The minimum absolute atomic E-state index is 0. The fraction of sp³-hybridized carbons (Fsp3) is 0.515. The summed E-state index contributed by atoms with van der Waals surface area (Å²) in [7, 11) is 0. The Labute approximate surface area is 290 Å². The van der Waals surface area contributed by atoms with Crippen molar-refractivity contribution in [2.45, 2.75) is 70.2 Å². The summed E-state index contributed by atoms with van der Waals surface area (Å²) in [6.45, 7) is 6.37. The van der Waals surface area contributed by atoms with Crippen LogP contribution in [0.3, 0.4) is 0 Å². The van der Waals surface area contributed by atoms with E-state index in [0.717, 1.165) is 75.4 Å². The van der Waals surface area contributed by atoms with Crippen LogP contribution < -0.4 is 20.3 Å². The predicted octanol–water partition coefficient (Wildman–Crippen LogP) is 4.09. The van der Waals surface area contributed by atoms with Crippen LogP contribution in [0.4, 0.5) is 10.8 Å². The third-order valence-electron chi connectivity index (χ3n) is 8.66. The number of anilines is 2. The number of hydrogen-bond acceptors (Lipinski definition) is 12. The molecule has 3 fully saturated rings. The summed E-state index contributed by atoms with van der Waals surface area (Å²) in [5.74, 6) is -0.847. The molecule has 3 aliphatic heterocycles.